The van der Waals surface area contributed by atoms with E-state index < -0.39 is 0 Å². The van der Waals surface area contributed by atoms with Gasteiger partial charge in [0.05, 0.1) is 0 Å². The van der Waals surface area contributed by atoms with Gasteiger partial charge < -0.3 is 5.32 Å². The van der Waals surface area contributed by atoms with Crippen molar-refractivity contribution >= 4 is 23.7 Å². The van der Waals surface area contributed by atoms with Gasteiger partial charge in [0.15, 0.2) is 0 Å². The fourth-order valence-electron chi connectivity index (χ4n) is 1.57. The quantitative estimate of drug-likeness (QED) is 0.804. The van der Waals surface area contributed by atoms with Crippen molar-refractivity contribution in [1.82, 2.24) is 0 Å². The lowest BCUT2D eigenvalue weighted by Gasteiger charge is -2.08. The van der Waals surface area contributed by atoms with Gasteiger partial charge in [-0.2, -0.15) is 0 Å². The number of amides is 1. The molecule has 0 unspecified atom stereocenters. The van der Waals surface area contributed by atoms with Gasteiger partial charge >= 0.3 is 0 Å². The molecule has 0 atom stereocenters. The standard InChI is InChI=1S/C13H10ClNO/c14-11-6-7-12(13(8-11)15-9-16)10-4-2-1-3-5-10/h1-9H,(H,15,16). The van der Waals surface area contributed by atoms with Crippen molar-refractivity contribution in [3.63, 3.8) is 0 Å². The predicted molar refractivity (Wildman–Crippen MR) is 66.6 cm³/mol. The van der Waals surface area contributed by atoms with E-state index in [9.17, 15) is 4.79 Å². The van der Waals surface area contributed by atoms with Gasteiger partial charge in [0, 0.05) is 16.3 Å². The van der Waals surface area contributed by atoms with Crippen LogP contribution in [0.5, 0.6) is 0 Å². The Bertz CT molecular complexity index is 497. The number of nitrogens with one attached hydrogen (secondary N) is 1. The number of hydrogen-bond acceptors (Lipinski definition) is 1. The number of rotatable bonds is 3. The maximum Gasteiger partial charge on any atom is 0.211 e. The normalized spacial score (nSPS) is 9.81. The lowest BCUT2D eigenvalue weighted by molar-refractivity contribution is -0.105. The summed E-state index contributed by atoms with van der Waals surface area (Å²) in [5, 5.41) is 3.25. The van der Waals surface area contributed by atoms with E-state index >= 15 is 0 Å². The molecule has 2 rings (SSSR count). The van der Waals surface area contributed by atoms with Gasteiger partial charge in [-0.05, 0) is 17.7 Å². The van der Waals surface area contributed by atoms with E-state index in [-0.39, 0.29) is 0 Å². The maximum atomic E-state index is 10.5. The molecule has 3 heteroatoms. The molecular weight excluding hydrogens is 222 g/mol. The Morgan fingerprint density at radius 1 is 1.06 bits per heavy atom. The van der Waals surface area contributed by atoms with Crippen LogP contribution in [0.2, 0.25) is 5.02 Å². The van der Waals surface area contributed by atoms with Crippen LogP contribution in [0, 0.1) is 0 Å². The molecule has 1 N–H and O–H groups in total. The first-order valence-corrected chi connectivity index (χ1v) is 5.24. The van der Waals surface area contributed by atoms with Crippen molar-refractivity contribution in [2.24, 2.45) is 0 Å². The van der Waals surface area contributed by atoms with E-state index in [0.717, 1.165) is 11.1 Å². The molecule has 0 fully saturated rings. The van der Waals surface area contributed by atoms with Gasteiger partial charge in [0.25, 0.3) is 0 Å². The lowest BCUT2D eigenvalue weighted by Crippen LogP contribution is -1.96. The van der Waals surface area contributed by atoms with Crippen LogP contribution in [-0.4, -0.2) is 6.41 Å². The zero-order valence-corrected chi connectivity index (χ0v) is 9.24. The topological polar surface area (TPSA) is 29.1 Å². The van der Waals surface area contributed by atoms with Gasteiger partial charge in [-0.1, -0.05) is 48.0 Å². The summed E-state index contributed by atoms with van der Waals surface area (Å²) in [5.74, 6) is 0. The van der Waals surface area contributed by atoms with E-state index in [1.807, 2.05) is 36.4 Å². The van der Waals surface area contributed by atoms with E-state index in [0.29, 0.717) is 17.1 Å². The third-order valence-corrected chi connectivity index (χ3v) is 2.52. The number of anilines is 1. The summed E-state index contributed by atoms with van der Waals surface area (Å²) in [6.45, 7) is 0. The Morgan fingerprint density at radius 2 is 1.81 bits per heavy atom. The summed E-state index contributed by atoms with van der Waals surface area (Å²) in [6.07, 6.45) is 0.651. The van der Waals surface area contributed by atoms with Crippen molar-refractivity contribution in [1.29, 1.82) is 0 Å². The molecular formula is C13H10ClNO. The average molecular weight is 232 g/mol. The molecule has 0 radical (unpaired) electrons. The molecule has 0 aliphatic heterocycles. The molecule has 0 spiro atoms. The highest BCUT2D eigenvalue weighted by atomic mass is 35.5. The summed E-state index contributed by atoms with van der Waals surface area (Å²) in [4.78, 5) is 10.5. The number of halogens is 1. The molecule has 0 aliphatic rings. The maximum absolute atomic E-state index is 10.5. The molecule has 0 aliphatic carbocycles. The SMILES string of the molecule is O=CNc1cc(Cl)ccc1-c1ccccc1. The molecule has 80 valence electrons. The van der Waals surface area contributed by atoms with Crippen LogP contribution in [0.4, 0.5) is 5.69 Å². The summed E-state index contributed by atoms with van der Waals surface area (Å²) in [7, 11) is 0. The van der Waals surface area contributed by atoms with E-state index in [1.54, 1.807) is 12.1 Å². The second-order valence-electron chi connectivity index (χ2n) is 3.32. The third kappa shape index (κ3) is 2.23. The van der Waals surface area contributed by atoms with Crippen LogP contribution in [0.3, 0.4) is 0 Å². The number of carbonyl (C=O) groups excluding carboxylic acids is 1. The first kappa shape index (κ1) is 10.7. The van der Waals surface area contributed by atoms with Crippen LogP contribution in [0.25, 0.3) is 11.1 Å². The van der Waals surface area contributed by atoms with Crippen molar-refractivity contribution in [2.45, 2.75) is 0 Å². The fraction of sp³-hybridized carbons (Fsp3) is 0. The molecule has 2 nitrogen and oxygen atoms in total. The molecule has 1 amide bonds. The molecule has 0 saturated heterocycles. The molecule has 0 saturated carbocycles. The van der Waals surface area contributed by atoms with Crippen molar-refractivity contribution in [3.05, 3.63) is 53.6 Å². The molecule has 2 aromatic rings. The summed E-state index contributed by atoms with van der Waals surface area (Å²) in [5.41, 5.74) is 2.72. The van der Waals surface area contributed by atoms with Crippen LogP contribution >= 0.6 is 11.6 Å². The van der Waals surface area contributed by atoms with Crippen molar-refractivity contribution in [2.75, 3.05) is 5.32 Å². The highest BCUT2D eigenvalue weighted by molar-refractivity contribution is 6.31. The zero-order valence-electron chi connectivity index (χ0n) is 8.48. The van der Waals surface area contributed by atoms with Gasteiger partial charge in [-0.25, -0.2) is 0 Å². The third-order valence-electron chi connectivity index (χ3n) is 2.28. The average Bonchev–Trinajstić information content (AvgIpc) is 2.31. The van der Waals surface area contributed by atoms with Gasteiger partial charge in [-0.3, -0.25) is 4.79 Å². The van der Waals surface area contributed by atoms with Crippen molar-refractivity contribution in [3.8, 4) is 11.1 Å². The van der Waals surface area contributed by atoms with Gasteiger partial charge in [-0.15, -0.1) is 0 Å². The summed E-state index contributed by atoms with van der Waals surface area (Å²) >= 11 is 5.88. The number of carbonyl (C=O) groups is 1. The Morgan fingerprint density at radius 3 is 2.50 bits per heavy atom. The van der Waals surface area contributed by atoms with E-state index in [4.69, 9.17) is 11.6 Å². The highest BCUT2D eigenvalue weighted by Crippen LogP contribution is 2.29. The first-order chi connectivity index (χ1) is 7.81. The minimum absolute atomic E-state index is 0.601. The predicted octanol–water partition coefficient (Wildman–Crippen LogP) is 3.58. The zero-order chi connectivity index (χ0) is 11.4. The molecule has 16 heavy (non-hydrogen) atoms. The Kier molecular flexibility index (Phi) is 3.22. The minimum atomic E-state index is 0.601. The number of benzene rings is 2. The van der Waals surface area contributed by atoms with Crippen LogP contribution in [0.1, 0.15) is 0 Å². The van der Waals surface area contributed by atoms with Crippen LogP contribution in [-0.2, 0) is 4.79 Å². The second-order valence-corrected chi connectivity index (χ2v) is 3.75. The highest BCUT2D eigenvalue weighted by Gasteiger charge is 2.04. The number of hydrogen-bond donors (Lipinski definition) is 1. The van der Waals surface area contributed by atoms with E-state index in [1.165, 1.54) is 0 Å². The second kappa shape index (κ2) is 4.81. The van der Waals surface area contributed by atoms with Crippen LogP contribution in [0.15, 0.2) is 48.5 Å². The first-order valence-electron chi connectivity index (χ1n) is 4.86. The van der Waals surface area contributed by atoms with Gasteiger partial charge in [0.1, 0.15) is 0 Å². The van der Waals surface area contributed by atoms with Gasteiger partial charge in [0.2, 0.25) is 6.41 Å². The Hall–Kier alpha value is -1.80. The Labute approximate surface area is 98.9 Å². The Balaban J connectivity index is 2.51. The minimum Gasteiger partial charge on any atom is -0.328 e. The molecule has 0 heterocycles. The summed E-state index contributed by atoms with van der Waals surface area (Å²) in [6, 6.07) is 15.3. The lowest BCUT2D eigenvalue weighted by atomic mass is 10.0. The molecule has 0 bridgehead atoms. The fourth-order valence-corrected chi connectivity index (χ4v) is 1.74. The summed E-state index contributed by atoms with van der Waals surface area (Å²) < 4.78 is 0. The van der Waals surface area contributed by atoms with E-state index in [2.05, 4.69) is 5.32 Å². The largest absolute Gasteiger partial charge is 0.328 e. The smallest absolute Gasteiger partial charge is 0.211 e. The molecule has 2 aromatic carbocycles. The van der Waals surface area contributed by atoms with Crippen LogP contribution < -0.4 is 5.32 Å². The molecule has 0 aromatic heterocycles. The van der Waals surface area contributed by atoms with Crippen molar-refractivity contribution < 1.29 is 4.79 Å². The monoisotopic (exact) mass is 231 g/mol.